The topological polar surface area (TPSA) is 91.1 Å². The fourth-order valence-corrected chi connectivity index (χ4v) is 3.87. The minimum atomic E-state index is -0.142. The Hall–Kier alpha value is -3.19. The maximum atomic E-state index is 9.71. The molecule has 3 N–H and O–H groups in total. The van der Waals surface area contributed by atoms with Crippen molar-refractivity contribution in [2.45, 2.75) is 37.8 Å². The molecule has 7 heteroatoms. The largest absolute Gasteiger partial charge is 0.393 e. The van der Waals surface area contributed by atoms with E-state index in [0.29, 0.717) is 6.04 Å². The lowest BCUT2D eigenvalue weighted by Crippen LogP contribution is -2.28. The first-order valence-corrected chi connectivity index (χ1v) is 9.64. The summed E-state index contributed by atoms with van der Waals surface area (Å²) in [6.45, 7) is 0. The minimum Gasteiger partial charge on any atom is -0.393 e. The van der Waals surface area contributed by atoms with Crippen LogP contribution in [0.15, 0.2) is 55.1 Å². The number of H-pyrrole nitrogens is 1. The normalized spacial score (nSPS) is 19.8. The summed E-state index contributed by atoms with van der Waals surface area (Å²) in [7, 11) is 0. The summed E-state index contributed by atoms with van der Waals surface area (Å²) in [4.78, 5) is 8.97. The van der Waals surface area contributed by atoms with Gasteiger partial charge in [0.25, 0.3) is 0 Å². The smallest absolute Gasteiger partial charge is 0.137 e. The van der Waals surface area contributed by atoms with Crippen molar-refractivity contribution >= 4 is 11.3 Å². The highest BCUT2D eigenvalue weighted by Gasteiger charge is 2.19. The molecule has 0 aliphatic heterocycles. The Kier molecular flexibility index (Phi) is 4.29. The minimum absolute atomic E-state index is 0.142. The summed E-state index contributed by atoms with van der Waals surface area (Å²) in [6, 6.07) is 10.4. The fraction of sp³-hybridized carbons (Fsp3) is 0.286. The molecule has 0 atom stereocenters. The van der Waals surface area contributed by atoms with Crippen molar-refractivity contribution in [1.29, 1.82) is 0 Å². The number of anilines is 1. The number of hydrogen-bond acceptors (Lipinski definition) is 5. The van der Waals surface area contributed by atoms with Gasteiger partial charge in [0, 0.05) is 30.2 Å². The second-order valence-corrected chi connectivity index (χ2v) is 7.33. The van der Waals surface area contributed by atoms with Crippen molar-refractivity contribution in [2.75, 3.05) is 5.32 Å². The first-order valence-electron chi connectivity index (χ1n) is 9.64. The fourth-order valence-electron chi connectivity index (χ4n) is 3.87. The van der Waals surface area contributed by atoms with Gasteiger partial charge in [0.05, 0.1) is 29.4 Å². The van der Waals surface area contributed by atoms with Crippen LogP contribution < -0.4 is 5.32 Å². The summed E-state index contributed by atoms with van der Waals surface area (Å²) < 4.78 is 2.10. The van der Waals surface area contributed by atoms with Crippen LogP contribution in [0.5, 0.6) is 0 Å². The third-order valence-electron chi connectivity index (χ3n) is 5.39. The summed E-state index contributed by atoms with van der Waals surface area (Å²) >= 11 is 0. The van der Waals surface area contributed by atoms with E-state index in [9.17, 15) is 5.11 Å². The molecule has 1 aliphatic carbocycles. The van der Waals surface area contributed by atoms with E-state index in [4.69, 9.17) is 0 Å². The van der Waals surface area contributed by atoms with Crippen molar-refractivity contribution in [3.8, 4) is 22.6 Å². The first-order chi connectivity index (χ1) is 13.8. The maximum absolute atomic E-state index is 9.71. The summed E-state index contributed by atoms with van der Waals surface area (Å²) in [6.07, 6.45) is 11.1. The lowest BCUT2D eigenvalue weighted by atomic mass is 9.93. The number of aliphatic hydroxyl groups excluding tert-OH is 1. The van der Waals surface area contributed by atoms with Gasteiger partial charge in [0.15, 0.2) is 0 Å². The number of aliphatic hydroxyl groups is 1. The van der Waals surface area contributed by atoms with E-state index in [-0.39, 0.29) is 6.10 Å². The molecule has 1 saturated carbocycles. The third kappa shape index (κ3) is 3.25. The number of aromatic nitrogens is 5. The van der Waals surface area contributed by atoms with Gasteiger partial charge in [-0.15, -0.1) is 0 Å². The first kappa shape index (κ1) is 16.9. The Morgan fingerprint density at radius 1 is 1.04 bits per heavy atom. The SMILES string of the molecule is OC1CCC(Nc2ccc3ncc(-c4ccnc(-c5cc[nH]n5)c4)n3c2)CC1. The molecule has 1 fully saturated rings. The summed E-state index contributed by atoms with van der Waals surface area (Å²) in [5, 5.41) is 20.4. The van der Waals surface area contributed by atoms with Crippen LogP contribution in [0, 0.1) is 0 Å². The Balaban J connectivity index is 1.46. The third-order valence-corrected chi connectivity index (χ3v) is 5.39. The van der Waals surface area contributed by atoms with Crippen LogP contribution in [-0.4, -0.2) is 41.8 Å². The van der Waals surface area contributed by atoms with Crippen LogP contribution in [0.3, 0.4) is 0 Å². The molecule has 0 spiro atoms. The zero-order valence-corrected chi connectivity index (χ0v) is 15.4. The Morgan fingerprint density at radius 3 is 2.75 bits per heavy atom. The van der Waals surface area contributed by atoms with Gasteiger partial charge in [-0.3, -0.25) is 14.5 Å². The van der Waals surface area contributed by atoms with E-state index in [1.54, 1.807) is 12.4 Å². The average Bonchev–Trinajstić information content (AvgIpc) is 3.40. The molecule has 0 amide bonds. The lowest BCUT2D eigenvalue weighted by molar-refractivity contribution is 0.126. The molecule has 0 unspecified atom stereocenters. The molecule has 28 heavy (non-hydrogen) atoms. The van der Waals surface area contributed by atoms with Gasteiger partial charge >= 0.3 is 0 Å². The monoisotopic (exact) mass is 374 g/mol. The Bertz CT molecular complexity index is 1080. The van der Waals surface area contributed by atoms with Crippen LogP contribution >= 0.6 is 0 Å². The molecule has 0 saturated heterocycles. The number of nitrogens with zero attached hydrogens (tertiary/aromatic N) is 4. The van der Waals surface area contributed by atoms with E-state index >= 15 is 0 Å². The highest BCUT2D eigenvalue weighted by atomic mass is 16.3. The Morgan fingerprint density at radius 2 is 1.93 bits per heavy atom. The summed E-state index contributed by atoms with van der Waals surface area (Å²) in [5.74, 6) is 0. The van der Waals surface area contributed by atoms with Gasteiger partial charge < -0.3 is 10.4 Å². The molecule has 0 bridgehead atoms. The average molecular weight is 374 g/mol. The standard InChI is InChI=1S/C21H22N6O/c28-17-4-1-15(2-5-17)25-16-3-6-21-23-12-20(27(21)13-16)14-7-9-22-19(11-14)18-8-10-24-26-18/h3,6-13,15,17,25,28H,1-2,4-5H2,(H,24,26). The number of imidazole rings is 1. The molecule has 4 aromatic heterocycles. The second kappa shape index (κ2) is 7.09. The van der Waals surface area contributed by atoms with Gasteiger partial charge in [-0.1, -0.05) is 0 Å². The van der Waals surface area contributed by atoms with Gasteiger partial charge in [-0.2, -0.15) is 5.10 Å². The predicted octanol–water partition coefficient (Wildman–Crippen LogP) is 3.50. The molecule has 7 nitrogen and oxygen atoms in total. The molecular weight excluding hydrogens is 352 g/mol. The lowest BCUT2D eigenvalue weighted by Gasteiger charge is -2.27. The van der Waals surface area contributed by atoms with E-state index in [2.05, 4.69) is 42.1 Å². The predicted molar refractivity (Wildman–Crippen MR) is 108 cm³/mol. The number of aromatic amines is 1. The quantitative estimate of drug-likeness (QED) is 0.509. The van der Waals surface area contributed by atoms with E-state index < -0.39 is 0 Å². The summed E-state index contributed by atoms with van der Waals surface area (Å²) in [5.41, 5.74) is 5.66. The van der Waals surface area contributed by atoms with Crippen LogP contribution in [-0.2, 0) is 0 Å². The van der Waals surface area contributed by atoms with Crippen LogP contribution in [0.25, 0.3) is 28.3 Å². The van der Waals surface area contributed by atoms with Gasteiger partial charge in [0.1, 0.15) is 11.3 Å². The second-order valence-electron chi connectivity index (χ2n) is 7.33. The van der Waals surface area contributed by atoms with E-state index in [1.165, 1.54) is 0 Å². The molecular formula is C21H22N6O. The van der Waals surface area contributed by atoms with Crippen molar-refractivity contribution in [1.82, 2.24) is 24.6 Å². The van der Waals surface area contributed by atoms with Crippen molar-refractivity contribution < 1.29 is 5.11 Å². The van der Waals surface area contributed by atoms with Crippen molar-refractivity contribution in [3.63, 3.8) is 0 Å². The van der Waals surface area contributed by atoms with Gasteiger partial charge in [0.2, 0.25) is 0 Å². The molecule has 0 aromatic carbocycles. The van der Waals surface area contributed by atoms with E-state index in [1.807, 2.05) is 30.5 Å². The number of pyridine rings is 2. The number of hydrogen-bond donors (Lipinski definition) is 3. The van der Waals surface area contributed by atoms with Crippen LogP contribution in [0.4, 0.5) is 5.69 Å². The van der Waals surface area contributed by atoms with Crippen LogP contribution in [0.2, 0.25) is 0 Å². The van der Waals surface area contributed by atoms with Crippen LogP contribution in [0.1, 0.15) is 25.7 Å². The molecule has 0 radical (unpaired) electrons. The molecule has 4 aromatic rings. The van der Waals surface area contributed by atoms with Gasteiger partial charge in [-0.25, -0.2) is 4.98 Å². The number of fused-ring (bicyclic) bond motifs is 1. The number of rotatable bonds is 4. The maximum Gasteiger partial charge on any atom is 0.137 e. The van der Waals surface area contributed by atoms with E-state index in [0.717, 1.165) is 59.7 Å². The molecule has 1 aliphatic rings. The van der Waals surface area contributed by atoms with Crippen molar-refractivity contribution in [2.24, 2.45) is 0 Å². The number of nitrogens with one attached hydrogen (secondary N) is 2. The van der Waals surface area contributed by atoms with Gasteiger partial charge in [-0.05, 0) is 56.0 Å². The zero-order chi connectivity index (χ0) is 18.9. The van der Waals surface area contributed by atoms with Crippen molar-refractivity contribution in [3.05, 3.63) is 55.1 Å². The molecule has 142 valence electrons. The highest BCUT2D eigenvalue weighted by molar-refractivity contribution is 5.69. The molecule has 4 heterocycles. The Labute approximate surface area is 162 Å². The molecule has 5 rings (SSSR count). The zero-order valence-electron chi connectivity index (χ0n) is 15.4. The highest BCUT2D eigenvalue weighted by Crippen LogP contribution is 2.27.